The van der Waals surface area contributed by atoms with Crippen LogP contribution >= 0.6 is 11.3 Å². The van der Waals surface area contributed by atoms with E-state index in [-0.39, 0.29) is 48.5 Å². The molecule has 2 aromatic heterocycles. The smallest absolute Gasteiger partial charge is 0.337 e. The van der Waals surface area contributed by atoms with Gasteiger partial charge in [-0.1, -0.05) is 82.3 Å². The summed E-state index contributed by atoms with van der Waals surface area (Å²) < 4.78 is 11.9. The van der Waals surface area contributed by atoms with Gasteiger partial charge >= 0.3 is 11.9 Å². The third-order valence-corrected chi connectivity index (χ3v) is 12.9. The van der Waals surface area contributed by atoms with Crippen molar-refractivity contribution >= 4 is 45.9 Å². The predicted molar refractivity (Wildman–Crippen MR) is 245 cm³/mol. The molecule has 12 nitrogen and oxygen atoms in total. The van der Waals surface area contributed by atoms with Crippen molar-refractivity contribution < 1.29 is 33.4 Å². The zero-order chi connectivity index (χ0) is 45.1. The Kier molecular flexibility index (Phi) is 15.9. The highest BCUT2D eigenvalue weighted by molar-refractivity contribution is 7.17. The van der Waals surface area contributed by atoms with Crippen molar-refractivity contribution in [2.45, 2.75) is 98.4 Å². The summed E-state index contributed by atoms with van der Waals surface area (Å²) in [5, 5.41) is 8.16. The zero-order valence-electron chi connectivity index (χ0n) is 37.3. The van der Waals surface area contributed by atoms with Gasteiger partial charge in [-0.3, -0.25) is 28.8 Å². The van der Waals surface area contributed by atoms with Crippen LogP contribution in [0.3, 0.4) is 0 Å². The first kappa shape index (κ1) is 46.6. The topological polar surface area (TPSA) is 140 Å². The summed E-state index contributed by atoms with van der Waals surface area (Å²) in [6.07, 6.45) is 7.65. The van der Waals surface area contributed by atoms with Crippen molar-refractivity contribution in [3.63, 3.8) is 0 Å². The first-order valence-electron chi connectivity index (χ1n) is 21.7. The van der Waals surface area contributed by atoms with Gasteiger partial charge in [-0.25, -0.2) is 4.79 Å². The molecule has 1 aliphatic carbocycles. The lowest BCUT2D eigenvalue weighted by atomic mass is 9.76. The van der Waals surface area contributed by atoms with Gasteiger partial charge in [0, 0.05) is 55.8 Å². The number of rotatable bonds is 20. The van der Waals surface area contributed by atoms with Gasteiger partial charge in [-0.05, 0) is 84.0 Å². The van der Waals surface area contributed by atoms with Gasteiger partial charge in [-0.15, -0.1) is 11.3 Å². The van der Waals surface area contributed by atoms with Crippen LogP contribution in [0.2, 0.25) is 0 Å². The molecule has 0 unspecified atom stereocenters. The quantitative estimate of drug-likeness (QED) is 0.0601. The number of hydrogen-bond donors (Lipinski definition) is 1. The molecule has 6 rings (SSSR count). The van der Waals surface area contributed by atoms with Crippen LogP contribution in [0.4, 0.5) is 5.00 Å². The van der Waals surface area contributed by atoms with Gasteiger partial charge in [0.15, 0.2) is 5.78 Å². The number of fused-ring (bicyclic) bond motifs is 1. The Morgan fingerprint density at radius 1 is 0.873 bits per heavy atom. The van der Waals surface area contributed by atoms with E-state index in [0.29, 0.717) is 53.4 Å². The molecule has 0 saturated heterocycles. The molecule has 0 saturated carbocycles. The number of nitrogens with zero attached hydrogens (tertiary/aromatic N) is 4. The Morgan fingerprint density at radius 2 is 1.57 bits per heavy atom. The van der Waals surface area contributed by atoms with E-state index in [1.165, 1.54) is 18.4 Å². The number of ketones is 1. The number of aromatic nitrogens is 2. The van der Waals surface area contributed by atoms with E-state index in [9.17, 15) is 24.0 Å². The summed E-state index contributed by atoms with van der Waals surface area (Å²) in [6, 6.07) is 24.4. The van der Waals surface area contributed by atoms with Crippen LogP contribution in [0.15, 0.2) is 91.3 Å². The summed E-state index contributed by atoms with van der Waals surface area (Å²) >= 11 is 1.48. The van der Waals surface area contributed by atoms with Crippen molar-refractivity contribution in [3.05, 3.63) is 141 Å². The molecule has 3 aromatic carbocycles. The van der Waals surface area contributed by atoms with Crippen molar-refractivity contribution in [2.75, 3.05) is 32.6 Å². The largest absolute Gasteiger partial charge is 0.465 e. The molecule has 0 aliphatic heterocycles. The predicted octanol–water partition coefficient (Wildman–Crippen LogP) is 8.75. The molecule has 5 aromatic rings. The van der Waals surface area contributed by atoms with E-state index >= 15 is 0 Å². The highest BCUT2D eigenvalue weighted by atomic mass is 32.1. The second kappa shape index (κ2) is 21.4. The molecule has 332 valence electrons. The highest BCUT2D eigenvalue weighted by Crippen LogP contribution is 2.44. The molecule has 0 atom stereocenters. The van der Waals surface area contributed by atoms with E-state index in [2.05, 4.69) is 43.0 Å². The van der Waals surface area contributed by atoms with Crippen molar-refractivity contribution in [2.24, 2.45) is 5.41 Å². The molecule has 63 heavy (non-hydrogen) atoms. The Hall–Kier alpha value is -5.92. The van der Waals surface area contributed by atoms with Crippen LogP contribution < -0.4 is 5.32 Å². The molecule has 0 bridgehead atoms. The van der Waals surface area contributed by atoms with E-state index in [1.54, 1.807) is 53.3 Å². The number of nitrogens with one attached hydrogen (secondary N) is 1. The third kappa shape index (κ3) is 12.4. The lowest BCUT2D eigenvalue weighted by Crippen LogP contribution is -2.41. The molecule has 1 N–H and O–H groups in total. The van der Waals surface area contributed by atoms with Crippen molar-refractivity contribution in [1.29, 1.82) is 0 Å². The molecule has 2 amide bonds. The van der Waals surface area contributed by atoms with Gasteiger partial charge in [0.25, 0.3) is 5.91 Å². The van der Waals surface area contributed by atoms with Gasteiger partial charge in [-0.2, -0.15) is 5.10 Å². The lowest BCUT2D eigenvalue weighted by Gasteiger charge is -2.32. The lowest BCUT2D eigenvalue weighted by molar-refractivity contribution is -0.147. The molecule has 0 fully saturated rings. The fourth-order valence-corrected chi connectivity index (χ4v) is 9.58. The number of anilines is 1. The second-order valence-electron chi connectivity index (χ2n) is 17.1. The summed E-state index contributed by atoms with van der Waals surface area (Å²) in [6.45, 7) is 11.0. The van der Waals surface area contributed by atoms with Crippen LogP contribution in [-0.4, -0.2) is 82.4 Å². The number of amides is 2. The average molecular weight is 874 g/mol. The third-order valence-electron chi connectivity index (χ3n) is 11.8. The van der Waals surface area contributed by atoms with Crippen LogP contribution in [0, 0.1) is 5.41 Å². The number of carbonyl (C=O) groups excluding carboxylic acids is 5. The van der Waals surface area contributed by atoms with Crippen molar-refractivity contribution in [3.8, 4) is 0 Å². The van der Waals surface area contributed by atoms with Gasteiger partial charge in [0.1, 0.15) is 11.6 Å². The maximum absolute atomic E-state index is 14.4. The van der Waals surface area contributed by atoms with Crippen LogP contribution in [0.5, 0.6) is 0 Å². The second-order valence-corrected chi connectivity index (χ2v) is 18.2. The number of esters is 2. The fourth-order valence-electron chi connectivity index (χ4n) is 8.08. The Bertz CT molecular complexity index is 2400. The summed E-state index contributed by atoms with van der Waals surface area (Å²) in [7, 11) is 3.10. The first-order chi connectivity index (χ1) is 30.3. The van der Waals surface area contributed by atoms with Crippen LogP contribution in [0.25, 0.3) is 0 Å². The Balaban J connectivity index is 1.12. The molecular weight excluding hydrogens is 815 g/mol. The molecule has 2 heterocycles. The number of methoxy groups -OCH3 is 1. The SMILES string of the molecule is CCC(CC)N(CCN(C)C(=O)CCC(=O)OCc1ccccc1)Cc1cccc(C(=O)Nc2sc3c(c2C(=O)c2cnn(Cc4cccc(C(=O)OC)c4)c2)CCC(C)(C)C3)c1. The number of ether oxygens (including phenoxy) is 2. The van der Waals surface area contributed by atoms with E-state index in [4.69, 9.17) is 9.47 Å². The van der Waals surface area contributed by atoms with Gasteiger partial charge < -0.3 is 19.7 Å². The average Bonchev–Trinajstić information content (AvgIpc) is 3.90. The maximum atomic E-state index is 14.4. The monoisotopic (exact) mass is 873 g/mol. The number of likely N-dealkylation sites (N-methyl/N-ethyl adjacent to an activating group) is 1. The zero-order valence-corrected chi connectivity index (χ0v) is 38.1. The summed E-state index contributed by atoms with van der Waals surface area (Å²) in [5.74, 6) is -1.45. The molecular formula is C50H59N5O7S. The minimum atomic E-state index is -0.425. The summed E-state index contributed by atoms with van der Waals surface area (Å²) in [5.41, 5.74) is 5.59. The van der Waals surface area contributed by atoms with Crippen LogP contribution in [-0.2, 0) is 51.6 Å². The number of carbonyl (C=O) groups is 5. The standard InChI is InChI=1S/C50H59N5O7S/c1-7-40(8-2)54(25-24-53(5)43(56)20-21-44(57)62-33-34-14-10-9-11-15-34)30-35-16-12-18-37(26-35)47(59)52-48-45(41-22-23-50(3,4)28-42(41)63-48)46(58)39-29-51-55(32-39)31-36-17-13-19-38(27-36)49(60)61-6/h9-19,26-27,29,32,40H,7-8,20-25,28,30-31,33H2,1-6H3,(H,52,59). The minimum Gasteiger partial charge on any atom is -0.465 e. The molecule has 0 radical (unpaired) electrons. The molecule has 0 spiro atoms. The summed E-state index contributed by atoms with van der Waals surface area (Å²) in [4.78, 5) is 71.1. The number of benzene rings is 3. The Morgan fingerprint density at radius 3 is 2.30 bits per heavy atom. The van der Waals surface area contributed by atoms with Crippen molar-refractivity contribution in [1.82, 2.24) is 19.6 Å². The molecule has 1 aliphatic rings. The fraction of sp³-hybridized carbons (Fsp3) is 0.400. The first-order valence-corrected chi connectivity index (χ1v) is 22.6. The van der Waals surface area contributed by atoms with E-state index in [0.717, 1.165) is 59.2 Å². The number of hydrogen-bond acceptors (Lipinski definition) is 10. The minimum absolute atomic E-state index is 0.0177. The Labute approximate surface area is 374 Å². The van der Waals surface area contributed by atoms with E-state index < -0.39 is 11.9 Å². The normalized spacial score (nSPS) is 13.1. The number of thiophene rings is 1. The highest BCUT2D eigenvalue weighted by Gasteiger charge is 2.34. The van der Waals surface area contributed by atoms with E-state index in [1.807, 2.05) is 54.6 Å². The van der Waals surface area contributed by atoms with Gasteiger partial charge in [0.05, 0.1) is 43.0 Å². The molecule has 13 heteroatoms. The maximum Gasteiger partial charge on any atom is 0.337 e. The van der Waals surface area contributed by atoms with Gasteiger partial charge in [0.2, 0.25) is 5.91 Å². The van der Waals surface area contributed by atoms with Crippen LogP contribution in [0.1, 0.15) is 124 Å².